The van der Waals surface area contributed by atoms with Crippen molar-refractivity contribution < 1.29 is 24.0 Å². The summed E-state index contributed by atoms with van der Waals surface area (Å²) in [5.41, 5.74) is 1.59. The molecule has 168 valence electrons. The number of hydrogen-bond donors (Lipinski definition) is 1. The van der Waals surface area contributed by atoms with Crippen LogP contribution in [-0.2, 0) is 20.7 Å². The van der Waals surface area contributed by atoms with E-state index >= 15 is 0 Å². The molecule has 1 aliphatic heterocycles. The predicted molar refractivity (Wildman–Crippen MR) is 118 cm³/mol. The molecule has 2 aromatic rings. The maximum absolute atomic E-state index is 12.6. The van der Waals surface area contributed by atoms with Gasteiger partial charge in [0.05, 0.1) is 15.5 Å². The lowest BCUT2D eigenvalue weighted by atomic mass is 10.0. The summed E-state index contributed by atoms with van der Waals surface area (Å²) in [5.74, 6) is -2.13. The minimum absolute atomic E-state index is 0.0135. The Morgan fingerprint density at radius 2 is 1.94 bits per heavy atom. The van der Waals surface area contributed by atoms with Gasteiger partial charge >= 0.3 is 5.97 Å². The SMILES string of the molecule is CC(C)C(NC(=O)c1ccc([N+](=O)[O-])cc1Cl)C(=O)OCC(=O)N1CCc2ccccc21. The first-order valence-electron chi connectivity index (χ1n) is 9.98. The number of anilines is 1. The molecule has 0 spiro atoms. The molecule has 1 heterocycles. The van der Waals surface area contributed by atoms with Gasteiger partial charge in [-0.3, -0.25) is 19.7 Å². The van der Waals surface area contributed by atoms with Crippen molar-refractivity contribution in [3.05, 3.63) is 68.7 Å². The second-order valence-electron chi connectivity index (χ2n) is 7.65. The number of benzene rings is 2. The molecular formula is C22H22ClN3O6. The number of para-hydroxylation sites is 1. The molecule has 1 N–H and O–H groups in total. The van der Waals surface area contributed by atoms with Crippen molar-refractivity contribution in [2.24, 2.45) is 5.92 Å². The molecule has 1 aliphatic rings. The van der Waals surface area contributed by atoms with Crippen molar-refractivity contribution in [2.45, 2.75) is 26.3 Å². The number of nitrogens with zero attached hydrogens (tertiary/aromatic N) is 2. The smallest absolute Gasteiger partial charge is 0.329 e. The number of nitrogens with one attached hydrogen (secondary N) is 1. The third-order valence-electron chi connectivity index (χ3n) is 5.14. The second-order valence-corrected chi connectivity index (χ2v) is 8.06. The van der Waals surface area contributed by atoms with Crippen molar-refractivity contribution in [2.75, 3.05) is 18.1 Å². The van der Waals surface area contributed by atoms with Crippen LogP contribution in [0.2, 0.25) is 5.02 Å². The van der Waals surface area contributed by atoms with E-state index in [9.17, 15) is 24.5 Å². The third-order valence-corrected chi connectivity index (χ3v) is 5.45. The van der Waals surface area contributed by atoms with Crippen LogP contribution >= 0.6 is 11.6 Å². The molecule has 2 amide bonds. The van der Waals surface area contributed by atoms with Gasteiger partial charge < -0.3 is 15.0 Å². The summed E-state index contributed by atoms with van der Waals surface area (Å²) in [6.45, 7) is 3.48. The number of fused-ring (bicyclic) bond motifs is 1. The number of nitro groups is 1. The summed E-state index contributed by atoms with van der Waals surface area (Å²) < 4.78 is 5.21. The van der Waals surface area contributed by atoms with Crippen LogP contribution in [0.4, 0.5) is 11.4 Å². The molecular weight excluding hydrogens is 438 g/mol. The van der Waals surface area contributed by atoms with Crippen LogP contribution in [0.5, 0.6) is 0 Å². The Morgan fingerprint density at radius 3 is 2.59 bits per heavy atom. The molecule has 1 atom stereocenters. The van der Waals surface area contributed by atoms with Crippen LogP contribution in [0.1, 0.15) is 29.8 Å². The van der Waals surface area contributed by atoms with Crippen LogP contribution in [0.15, 0.2) is 42.5 Å². The van der Waals surface area contributed by atoms with Gasteiger partial charge in [-0.15, -0.1) is 0 Å². The Kier molecular flexibility index (Phi) is 7.09. The van der Waals surface area contributed by atoms with Crippen LogP contribution in [-0.4, -0.2) is 41.9 Å². The van der Waals surface area contributed by atoms with E-state index in [1.807, 2.05) is 24.3 Å². The van der Waals surface area contributed by atoms with Crippen molar-refractivity contribution >= 4 is 40.8 Å². The van der Waals surface area contributed by atoms with E-state index in [2.05, 4.69) is 5.32 Å². The van der Waals surface area contributed by atoms with Gasteiger partial charge in [-0.2, -0.15) is 0 Å². The Morgan fingerprint density at radius 1 is 1.22 bits per heavy atom. The molecule has 0 saturated carbocycles. The van der Waals surface area contributed by atoms with Crippen LogP contribution in [0, 0.1) is 16.0 Å². The quantitative estimate of drug-likeness (QED) is 0.386. The first kappa shape index (κ1) is 23.2. The standard InChI is InChI=1S/C22H22ClN3O6/c1-13(2)20(24-21(28)16-8-7-15(26(30)31)11-17(16)23)22(29)32-12-19(27)25-10-9-14-5-3-4-6-18(14)25/h3-8,11,13,20H,9-10,12H2,1-2H3,(H,24,28). The Balaban J connectivity index is 1.63. The van der Waals surface area contributed by atoms with E-state index in [0.29, 0.717) is 6.54 Å². The molecule has 0 bridgehead atoms. The lowest BCUT2D eigenvalue weighted by Crippen LogP contribution is -2.46. The topological polar surface area (TPSA) is 119 Å². The van der Waals surface area contributed by atoms with Crippen LogP contribution in [0.3, 0.4) is 0 Å². The zero-order chi connectivity index (χ0) is 23.4. The summed E-state index contributed by atoms with van der Waals surface area (Å²) in [7, 11) is 0. The molecule has 0 aromatic heterocycles. The molecule has 32 heavy (non-hydrogen) atoms. The first-order valence-corrected chi connectivity index (χ1v) is 10.4. The summed E-state index contributed by atoms with van der Waals surface area (Å²) >= 11 is 6.00. The third kappa shape index (κ3) is 5.05. The lowest BCUT2D eigenvalue weighted by Gasteiger charge is -2.22. The zero-order valence-corrected chi connectivity index (χ0v) is 18.3. The Hall–Kier alpha value is -3.46. The summed E-state index contributed by atoms with van der Waals surface area (Å²) in [4.78, 5) is 49.6. The van der Waals surface area contributed by atoms with Gasteiger partial charge in [0.2, 0.25) is 0 Å². The number of carbonyl (C=O) groups excluding carboxylic acids is 3. The number of nitro benzene ring substituents is 1. The highest BCUT2D eigenvalue weighted by molar-refractivity contribution is 6.34. The molecule has 1 unspecified atom stereocenters. The van der Waals surface area contributed by atoms with Crippen LogP contribution in [0.25, 0.3) is 0 Å². The highest BCUT2D eigenvalue weighted by atomic mass is 35.5. The van der Waals surface area contributed by atoms with Gasteiger partial charge in [-0.05, 0) is 30.0 Å². The van der Waals surface area contributed by atoms with Crippen molar-refractivity contribution in [1.29, 1.82) is 0 Å². The lowest BCUT2D eigenvalue weighted by molar-refractivity contribution is -0.384. The van der Waals surface area contributed by atoms with Crippen molar-refractivity contribution in [1.82, 2.24) is 5.32 Å². The highest BCUT2D eigenvalue weighted by Gasteiger charge is 2.30. The first-order chi connectivity index (χ1) is 15.2. The number of hydrogen-bond acceptors (Lipinski definition) is 6. The molecule has 2 aromatic carbocycles. The normalized spacial score (nSPS) is 13.4. The summed E-state index contributed by atoms with van der Waals surface area (Å²) in [6, 6.07) is 9.92. The number of non-ortho nitro benzene ring substituents is 1. The predicted octanol–water partition coefficient (Wildman–Crippen LogP) is 3.14. The number of rotatable bonds is 7. The monoisotopic (exact) mass is 459 g/mol. The second kappa shape index (κ2) is 9.78. The molecule has 3 rings (SSSR count). The maximum Gasteiger partial charge on any atom is 0.329 e. The van der Waals surface area contributed by atoms with Crippen molar-refractivity contribution in [3.63, 3.8) is 0 Å². The molecule has 9 nitrogen and oxygen atoms in total. The molecule has 0 saturated heterocycles. The van der Waals surface area contributed by atoms with E-state index in [-0.39, 0.29) is 28.1 Å². The van der Waals surface area contributed by atoms with Gasteiger partial charge in [0, 0.05) is 24.4 Å². The van der Waals surface area contributed by atoms with Gasteiger partial charge in [0.15, 0.2) is 6.61 Å². The summed E-state index contributed by atoms with van der Waals surface area (Å²) in [6.07, 6.45) is 0.733. The van der Waals surface area contributed by atoms with E-state index < -0.39 is 29.4 Å². The van der Waals surface area contributed by atoms with Crippen LogP contribution < -0.4 is 10.2 Å². The van der Waals surface area contributed by atoms with Gasteiger partial charge in [0.25, 0.3) is 17.5 Å². The maximum atomic E-state index is 12.6. The number of halogens is 1. The fraction of sp³-hybridized carbons (Fsp3) is 0.318. The molecule has 0 radical (unpaired) electrons. The largest absolute Gasteiger partial charge is 0.454 e. The average molecular weight is 460 g/mol. The Bertz CT molecular complexity index is 1070. The fourth-order valence-electron chi connectivity index (χ4n) is 3.42. The number of carbonyl (C=O) groups is 3. The highest BCUT2D eigenvalue weighted by Crippen LogP contribution is 2.27. The minimum Gasteiger partial charge on any atom is -0.454 e. The zero-order valence-electron chi connectivity index (χ0n) is 17.5. The Labute approximate surface area is 189 Å². The van der Waals surface area contributed by atoms with E-state index in [0.717, 1.165) is 29.8 Å². The molecule has 0 fully saturated rings. The number of ether oxygens (including phenoxy) is 1. The fourth-order valence-corrected chi connectivity index (χ4v) is 3.68. The van der Waals surface area contributed by atoms with E-state index in [1.54, 1.807) is 18.7 Å². The molecule has 0 aliphatic carbocycles. The van der Waals surface area contributed by atoms with E-state index in [1.165, 1.54) is 6.07 Å². The minimum atomic E-state index is -1.03. The van der Waals surface area contributed by atoms with Gasteiger partial charge in [0.1, 0.15) is 6.04 Å². The van der Waals surface area contributed by atoms with Gasteiger partial charge in [-0.1, -0.05) is 43.6 Å². The van der Waals surface area contributed by atoms with E-state index in [4.69, 9.17) is 16.3 Å². The molecule has 10 heteroatoms. The summed E-state index contributed by atoms with van der Waals surface area (Å²) in [5, 5.41) is 13.3. The van der Waals surface area contributed by atoms with Gasteiger partial charge in [-0.25, -0.2) is 4.79 Å². The number of esters is 1. The number of amides is 2. The van der Waals surface area contributed by atoms with Crippen molar-refractivity contribution in [3.8, 4) is 0 Å². The average Bonchev–Trinajstić information content (AvgIpc) is 3.19.